The van der Waals surface area contributed by atoms with Gasteiger partial charge < -0.3 is 5.32 Å². The maximum absolute atomic E-state index is 9.21. The maximum atomic E-state index is 9.21. The average Bonchev–Trinajstić information content (AvgIpc) is 3.17. The highest BCUT2D eigenvalue weighted by Gasteiger charge is 2.08. The van der Waals surface area contributed by atoms with Crippen molar-refractivity contribution in [2.75, 3.05) is 5.32 Å². The lowest BCUT2D eigenvalue weighted by atomic mass is 10.0. The van der Waals surface area contributed by atoms with Crippen LogP contribution in [0.5, 0.6) is 0 Å². The van der Waals surface area contributed by atoms with E-state index < -0.39 is 0 Å². The molecule has 0 aliphatic carbocycles. The minimum atomic E-state index is 0.217. The van der Waals surface area contributed by atoms with E-state index in [1.54, 1.807) is 6.07 Å². The molecule has 0 radical (unpaired) electrons. The van der Waals surface area contributed by atoms with Gasteiger partial charge in [-0.05, 0) is 29.0 Å². The molecule has 1 aromatic heterocycles. The van der Waals surface area contributed by atoms with Gasteiger partial charge in [0, 0.05) is 17.5 Å². The number of nitriles is 2. The van der Waals surface area contributed by atoms with Gasteiger partial charge in [0.1, 0.15) is 11.6 Å². The third-order valence-corrected chi connectivity index (χ3v) is 3.31. The summed E-state index contributed by atoms with van der Waals surface area (Å²) in [5, 5.41) is 34.7. The summed E-state index contributed by atoms with van der Waals surface area (Å²) in [4.78, 5) is 0. The van der Waals surface area contributed by atoms with E-state index in [4.69, 9.17) is 5.26 Å². The topological polar surface area (TPSA) is 114 Å². The summed E-state index contributed by atoms with van der Waals surface area (Å²) in [6, 6.07) is 19.1. The number of aromatic nitrogens is 4. The SMILES string of the molecule is N#CC(=CNc1ccccc1-c1cccc(C#N)c1)c1nn[nH]n1. The molecule has 24 heavy (non-hydrogen) atoms. The number of rotatable bonds is 4. The Morgan fingerprint density at radius 1 is 1.12 bits per heavy atom. The standard InChI is InChI=1S/C17H11N7/c18-9-12-4-3-5-13(8-12)15-6-1-2-7-16(15)20-11-14(10-19)17-21-23-24-22-17/h1-8,11,20H,(H,21,22,23,24). The van der Waals surface area contributed by atoms with Crippen molar-refractivity contribution < 1.29 is 0 Å². The van der Waals surface area contributed by atoms with Crippen molar-refractivity contribution in [3.8, 4) is 23.3 Å². The molecule has 3 rings (SSSR count). The molecule has 114 valence electrons. The monoisotopic (exact) mass is 313 g/mol. The molecule has 7 heteroatoms. The van der Waals surface area contributed by atoms with Crippen LogP contribution in [0.2, 0.25) is 0 Å². The van der Waals surface area contributed by atoms with E-state index in [9.17, 15) is 5.26 Å². The normalized spacial score (nSPS) is 10.7. The molecule has 2 aromatic carbocycles. The Bertz CT molecular complexity index is 959. The smallest absolute Gasteiger partial charge is 0.216 e. The second-order valence-electron chi connectivity index (χ2n) is 4.79. The number of nitrogens with zero attached hydrogens (tertiary/aromatic N) is 5. The molecule has 0 aliphatic heterocycles. The van der Waals surface area contributed by atoms with Crippen molar-refractivity contribution >= 4 is 11.3 Å². The number of H-pyrrole nitrogens is 1. The van der Waals surface area contributed by atoms with Gasteiger partial charge in [0.05, 0.1) is 11.6 Å². The molecule has 1 heterocycles. The van der Waals surface area contributed by atoms with Gasteiger partial charge >= 0.3 is 0 Å². The van der Waals surface area contributed by atoms with Gasteiger partial charge in [0.2, 0.25) is 5.82 Å². The second kappa shape index (κ2) is 6.86. The Hall–Kier alpha value is -3.97. The van der Waals surface area contributed by atoms with Gasteiger partial charge in [-0.1, -0.05) is 30.3 Å². The molecular weight excluding hydrogens is 302 g/mol. The van der Waals surface area contributed by atoms with Crippen LogP contribution in [0, 0.1) is 22.7 Å². The third-order valence-electron chi connectivity index (χ3n) is 3.31. The largest absolute Gasteiger partial charge is 0.360 e. The van der Waals surface area contributed by atoms with Gasteiger partial charge in [-0.2, -0.15) is 15.7 Å². The molecule has 0 atom stereocenters. The maximum Gasteiger partial charge on any atom is 0.216 e. The molecule has 0 aliphatic rings. The van der Waals surface area contributed by atoms with E-state index >= 15 is 0 Å². The van der Waals surface area contributed by atoms with Gasteiger partial charge in [-0.25, -0.2) is 0 Å². The summed E-state index contributed by atoms with van der Waals surface area (Å²) < 4.78 is 0. The van der Waals surface area contributed by atoms with E-state index in [0.717, 1.165) is 16.8 Å². The van der Waals surface area contributed by atoms with Crippen molar-refractivity contribution in [2.24, 2.45) is 0 Å². The number of aromatic amines is 1. The van der Waals surface area contributed by atoms with E-state index in [2.05, 4.69) is 32.0 Å². The predicted molar refractivity (Wildman–Crippen MR) is 88.0 cm³/mol. The van der Waals surface area contributed by atoms with Crippen molar-refractivity contribution in [3.63, 3.8) is 0 Å². The van der Waals surface area contributed by atoms with Crippen molar-refractivity contribution in [1.82, 2.24) is 20.6 Å². The summed E-state index contributed by atoms with van der Waals surface area (Å²) in [5.41, 5.74) is 3.45. The summed E-state index contributed by atoms with van der Waals surface area (Å²) >= 11 is 0. The van der Waals surface area contributed by atoms with E-state index in [-0.39, 0.29) is 11.4 Å². The Morgan fingerprint density at radius 3 is 2.75 bits per heavy atom. The Morgan fingerprint density at radius 2 is 2.00 bits per heavy atom. The first kappa shape index (κ1) is 14.9. The fourth-order valence-corrected chi connectivity index (χ4v) is 2.19. The lowest BCUT2D eigenvalue weighted by Gasteiger charge is -2.10. The highest BCUT2D eigenvalue weighted by molar-refractivity contribution is 5.81. The predicted octanol–water partition coefficient (Wildman–Crippen LogP) is 2.71. The molecule has 3 aromatic rings. The van der Waals surface area contributed by atoms with Crippen LogP contribution in [0.25, 0.3) is 16.7 Å². The molecule has 7 nitrogen and oxygen atoms in total. The number of anilines is 1. The quantitative estimate of drug-likeness (QED) is 0.716. The summed E-state index contributed by atoms with van der Waals surface area (Å²) in [5.74, 6) is 0.217. The molecule has 2 N–H and O–H groups in total. The van der Waals surface area contributed by atoms with Gasteiger partial charge in [0.25, 0.3) is 0 Å². The van der Waals surface area contributed by atoms with Crippen molar-refractivity contribution in [3.05, 3.63) is 66.1 Å². The lowest BCUT2D eigenvalue weighted by molar-refractivity contribution is 0.881. The highest BCUT2D eigenvalue weighted by Crippen LogP contribution is 2.28. The zero-order valence-electron chi connectivity index (χ0n) is 12.4. The summed E-state index contributed by atoms with van der Waals surface area (Å²) in [6.07, 6.45) is 1.53. The minimum absolute atomic E-state index is 0.217. The van der Waals surface area contributed by atoms with E-state index in [1.807, 2.05) is 48.5 Å². The zero-order valence-corrected chi connectivity index (χ0v) is 12.4. The molecule has 0 unspecified atom stereocenters. The van der Waals surface area contributed by atoms with E-state index in [0.29, 0.717) is 5.56 Å². The molecule has 0 spiro atoms. The van der Waals surface area contributed by atoms with Crippen LogP contribution >= 0.6 is 0 Å². The Balaban J connectivity index is 1.96. The number of tetrazole rings is 1. The van der Waals surface area contributed by atoms with Crippen LogP contribution in [0.15, 0.2) is 54.7 Å². The Kier molecular flexibility index (Phi) is 4.27. The van der Waals surface area contributed by atoms with Crippen LogP contribution in [0.4, 0.5) is 5.69 Å². The number of hydrogen-bond acceptors (Lipinski definition) is 6. The highest BCUT2D eigenvalue weighted by atomic mass is 15.5. The molecule has 0 bridgehead atoms. The Labute approximate surface area is 137 Å². The van der Waals surface area contributed by atoms with Gasteiger partial charge in [-0.15, -0.1) is 10.2 Å². The molecule has 0 saturated heterocycles. The van der Waals surface area contributed by atoms with Gasteiger partial charge in [0.15, 0.2) is 0 Å². The zero-order chi connectivity index (χ0) is 16.8. The summed E-state index contributed by atoms with van der Waals surface area (Å²) in [6.45, 7) is 0. The molecule has 0 amide bonds. The number of benzene rings is 2. The van der Waals surface area contributed by atoms with Crippen LogP contribution in [0.3, 0.4) is 0 Å². The van der Waals surface area contributed by atoms with Crippen LogP contribution < -0.4 is 5.32 Å². The summed E-state index contributed by atoms with van der Waals surface area (Å²) in [7, 11) is 0. The molecular formula is C17H11N7. The van der Waals surface area contributed by atoms with Crippen LogP contribution in [0.1, 0.15) is 11.4 Å². The first-order valence-corrected chi connectivity index (χ1v) is 7.02. The first-order valence-electron chi connectivity index (χ1n) is 7.02. The number of allylic oxidation sites excluding steroid dienone is 1. The van der Waals surface area contributed by atoms with Crippen LogP contribution in [-0.4, -0.2) is 20.6 Å². The number of hydrogen-bond donors (Lipinski definition) is 2. The lowest BCUT2D eigenvalue weighted by Crippen LogP contribution is -1.95. The van der Waals surface area contributed by atoms with Crippen molar-refractivity contribution in [1.29, 1.82) is 10.5 Å². The molecule has 0 fully saturated rings. The fraction of sp³-hybridized carbons (Fsp3) is 0. The average molecular weight is 313 g/mol. The fourth-order valence-electron chi connectivity index (χ4n) is 2.19. The second-order valence-corrected chi connectivity index (χ2v) is 4.79. The van der Waals surface area contributed by atoms with Crippen molar-refractivity contribution in [2.45, 2.75) is 0 Å². The van der Waals surface area contributed by atoms with Gasteiger partial charge in [-0.3, -0.25) is 0 Å². The minimum Gasteiger partial charge on any atom is -0.360 e. The van der Waals surface area contributed by atoms with Crippen LogP contribution in [-0.2, 0) is 0 Å². The number of nitrogens with one attached hydrogen (secondary N) is 2. The van der Waals surface area contributed by atoms with E-state index in [1.165, 1.54) is 6.20 Å². The number of para-hydroxylation sites is 1. The third kappa shape index (κ3) is 3.11. The first-order chi connectivity index (χ1) is 11.8. The molecule has 0 saturated carbocycles.